The number of carbonyl (C=O) groups excluding carboxylic acids is 3. The molecule has 4 heterocycles. The molecule has 1 aromatic rings. The van der Waals surface area contributed by atoms with Crippen molar-refractivity contribution in [3.63, 3.8) is 0 Å². The molecule has 8 nitrogen and oxygen atoms in total. The quantitative estimate of drug-likeness (QED) is 0.449. The van der Waals surface area contributed by atoms with E-state index in [-0.39, 0.29) is 30.9 Å². The van der Waals surface area contributed by atoms with Gasteiger partial charge in [0.25, 0.3) is 0 Å². The van der Waals surface area contributed by atoms with Crippen molar-refractivity contribution >= 4 is 17.8 Å². The molecule has 0 aromatic heterocycles. The molecular formula is C29H36N2O6. The Morgan fingerprint density at radius 2 is 1.81 bits per heavy atom. The average Bonchev–Trinajstić information content (AvgIpc) is 3.19. The zero-order valence-corrected chi connectivity index (χ0v) is 21.7. The Morgan fingerprint density at radius 1 is 1.05 bits per heavy atom. The van der Waals surface area contributed by atoms with Crippen LogP contribution in [0.2, 0.25) is 0 Å². The Labute approximate surface area is 217 Å². The smallest absolute Gasteiger partial charge is 0.313 e. The fourth-order valence-electron chi connectivity index (χ4n) is 6.70. The maximum absolute atomic E-state index is 14.4. The third-order valence-corrected chi connectivity index (χ3v) is 8.78. The number of ether oxygens (including phenoxy) is 2. The molecule has 198 valence electrons. The number of amides is 2. The maximum atomic E-state index is 14.4. The highest BCUT2D eigenvalue weighted by atomic mass is 16.6. The Bertz CT molecular complexity index is 1120. The Morgan fingerprint density at radius 3 is 2.49 bits per heavy atom. The number of rotatable bonds is 7. The predicted octanol–water partition coefficient (Wildman–Crippen LogP) is 2.47. The highest BCUT2D eigenvalue weighted by molar-refractivity contribution is 5.99. The van der Waals surface area contributed by atoms with Crippen molar-refractivity contribution in [2.24, 2.45) is 17.8 Å². The molecule has 37 heavy (non-hydrogen) atoms. The molecule has 0 bridgehead atoms. The van der Waals surface area contributed by atoms with Crippen molar-refractivity contribution in [1.29, 1.82) is 0 Å². The molecule has 0 radical (unpaired) electrons. The number of hydrogen-bond donors (Lipinski definition) is 1. The van der Waals surface area contributed by atoms with Crippen LogP contribution in [0.15, 0.2) is 54.6 Å². The molecule has 2 saturated heterocycles. The fourth-order valence-corrected chi connectivity index (χ4v) is 6.70. The summed E-state index contributed by atoms with van der Waals surface area (Å²) in [4.78, 5) is 45.4. The first-order valence-electron chi connectivity index (χ1n) is 13.3. The van der Waals surface area contributed by atoms with Gasteiger partial charge in [0.15, 0.2) is 0 Å². The average molecular weight is 509 g/mol. The Hall–Kier alpha value is -2.97. The van der Waals surface area contributed by atoms with Crippen LogP contribution in [0, 0.1) is 17.8 Å². The van der Waals surface area contributed by atoms with Gasteiger partial charge in [0, 0.05) is 13.1 Å². The molecule has 2 fully saturated rings. The zero-order chi connectivity index (χ0) is 26.4. The van der Waals surface area contributed by atoms with Gasteiger partial charge in [-0.2, -0.15) is 0 Å². The highest BCUT2D eigenvalue weighted by Crippen LogP contribution is 2.59. The molecular weight excluding hydrogens is 472 g/mol. The first-order valence-corrected chi connectivity index (χ1v) is 13.3. The molecule has 0 saturated carbocycles. The predicted molar refractivity (Wildman–Crippen MR) is 136 cm³/mol. The lowest BCUT2D eigenvalue weighted by atomic mass is 9.73. The molecule has 7 atom stereocenters. The molecule has 1 aromatic carbocycles. The van der Waals surface area contributed by atoms with Crippen LogP contribution in [0.25, 0.3) is 0 Å². The van der Waals surface area contributed by atoms with E-state index >= 15 is 0 Å². The SMILES string of the molecule is CC[C@H](C)[C@H](CO)N1C(=O)[C@@H]2[C@@H]3C(=O)OCC=C[C@]3(CC)O[C@@]23C=CCN(Cc2ccccc2)C(=O)C13. The van der Waals surface area contributed by atoms with E-state index in [1.165, 1.54) is 4.90 Å². The molecule has 8 heteroatoms. The standard InChI is InChI=1S/C29H36N2O6/c1-4-19(3)21(18-32)31-24-26(34)30(17-20-11-7-6-8-12-20)15-9-14-29(24)22(25(31)33)23-27(35)36-16-10-13-28(23,5-2)37-29/h6-14,19,21-24,32H,4-5,15-18H2,1-3H3/t19-,21-,22-,23+,24?,28-,29-/m0/s1. The summed E-state index contributed by atoms with van der Waals surface area (Å²) in [6, 6.07) is 8.12. The van der Waals surface area contributed by atoms with Crippen molar-refractivity contribution in [3.05, 3.63) is 60.2 Å². The fraction of sp³-hybridized carbons (Fsp3) is 0.552. The summed E-state index contributed by atoms with van der Waals surface area (Å²) < 4.78 is 12.3. The summed E-state index contributed by atoms with van der Waals surface area (Å²) >= 11 is 0. The van der Waals surface area contributed by atoms with Crippen LogP contribution in [-0.2, 0) is 30.4 Å². The van der Waals surface area contributed by atoms with Crippen molar-refractivity contribution in [2.75, 3.05) is 19.8 Å². The van der Waals surface area contributed by atoms with Gasteiger partial charge in [0.1, 0.15) is 29.8 Å². The Balaban J connectivity index is 1.65. The van der Waals surface area contributed by atoms with Gasteiger partial charge < -0.3 is 24.4 Å². The van der Waals surface area contributed by atoms with Gasteiger partial charge in [-0.1, -0.05) is 75.8 Å². The van der Waals surface area contributed by atoms with Gasteiger partial charge in [-0.15, -0.1) is 0 Å². The van der Waals surface area contributed by atoms with Gasteiger partial charge in [-0.3, -0.25) is 14.4 Å². The maximum Gasteiger partial charge on any atom is 0.313 e. The summed E-state index contributed by atoms with van der Waals surface area (Å²) in [6.07, 6.45) is 8.48. The molecule has 1 spiro atoms. The van der Waals surface area contributed by atoms with Crippen LogP contribution in [0.5, 0.6) is 0 Å². The van der Waals surface area contributed by atoms with Crippen molar-refractivity contribution < 1.29 is 29.0 Å². The van der Waals surface area contributed by atoms with E-state index in [1.807, 2.05) is 69.3 Å². The van der Waals surface area contributed by atoms with Crippen molar-refractivity contribution in [3.8, 4) is 0 Å². The second-order valence-electron chi connectivity index (χ2n) is 10.6. The number of carbonyl (C=O) groups is 3. The first kappa shape index (κ1) is 25.7. The summed E-state index contributed by atoms with van der Waals surface area (Å²) in [7, 11) is 0. The van der Waals surface area contributed by atoms with Crippen molar-refractivity contribution in [2.45, 2.75) is 63.4 Å². The molecule has 0 aliphatic carbocycles. The number of benzene rings is 1. The van der Waals surface area contributed by atoms with Crippen LogP contribution < -0.4 is 0 Å². The number of nitrogens with zero attached hydrogens (tertiary/aromatic N) is 2. The van der Waals surface area contributed by atoms with Crippen LogP contribution in [-0.4, -0.2) is 75.7 Å². The second kappa shape index (κ2) is 9.72. The third-order valence-electron chi connectivity index (χ3n) is 8.78. The lowest BCUT2D eigenvalue weighted by Gasteiger charge is -2.42. The second-order valence-corrected chi connectivity index (χ2v) is 10.6. The number of aliphatic hydroxyl groups is 1. The minimum Gasteiger partial charge on any atom is -0.461 e. The largest absolute Gasteiger partial charge is 0.461 e. The lowest BCUT2D eigenvalue weighted by molar-refractivity contribution is -0.162. The van der Waals surface area contributed by atoms with Crippen molar-refractivity contribution in [1.82, 2.24) is 9.80 Å². The van der Waals surface area contributed by atoms with E-state index in [9.17, 15) is 19.5 Å². The first-order chi connectivity index (χ1) is 17.8. The van der Waals surface area contributed by atoms with E-state index in [0.717, 1.165) is 5.56 Å². The molecule has 1 N–H and O–H groups in total. The zero-order valence-electron chi connectivity index (χ0n) is 21.7. The number of esters is 1. The van der Waals surface area contributed by atoms with Gasteiger partial charge in [-0.05, 0) is 24.0 Å². The molecule has 2 amide bonds. The number of aliphatic hydroxyl groups excluding tert-OH is 1. The molecule has 1 unspecified atom stereocenters. The summed E-state index contributed by atoms with van der Waals surface area (Å²) in [5, 5.41) is 10.5. The topological polar surface area (TPSA) is 96.4 Å². The number of fused-ring (bicyclic) bond motifs is 2. The van der Waals surface area contributed by atoms with Crippen LogP contribution >= 0.6 is 0 Å². The van der Waals surface area contributed by atoms with Gasteiger partial charge >= 0.3 is 5.97 Å². The summed E-state index contributed by atoms with van der Waals surface area (Å²) in [6.45, 7) is 6.43. The number of likely N-dealkylation sites (tertiary alicyclic amines) is 1. The van der Waals surface area contributed by atoms with Crippen LogP contribution in [0.4, 0.5) is 0 Å². The highest BCUT2D eigenvalue weighted by Gasteiger charge is 2.76. The molecule has 4 aliphatic heterocycles. The van der Waals surface area contributed by atoms with E-state index < -0.39 is 41.1 Å². The van der Waals surface area contributed by atoms with Gasteiger partial charge in [-0.25, -0.2) is 0 Å². The minimum absolute atomic E-state index is 0.0654. The van der Waals surface area contributed by atoms with Crippen LogP contribution in [0.3, 0.4) is 0 Å². The van der Waals surface area contributed by atoms with E-state index in [4.69, 9.17) is 9.47 Å². The molecule has 5 rings (SSSR count). The van der Waals surface area contributed by atoms with E-state index in [0.29, 0.717) is 25.9 Å². The summed E-state index contributed by atoms with van der Waals surface area (Å²) in [5.41, 5.74) is -1.42. The molecule has 4 aliphatic rings. The monoisotopic (exact) mass is 508 g/mol. The summed E-state index contributed by atoms with van der Waals surface area (Å²) in [5.74, 6) is -2.95. The Kier molecular flexibility index (Phi) is 6.75. The third kappa shape index (κ3) is 3.84. The van der Waals surface area contributed by atoms with Gasteiger partial charge in [0.05, 0.1) is 18.6 Å². The van der Waals surface area contributed by atoms with E-state index in [1.54, 1.807) is 11.0 Å². The van der Waals surface area contributed by atoms with Crippen LogP contribution in [0.1, 0.15) is 39.2 Å². The number of cyclic esters (lactones) is 1. The lowest BCUT2D eigenvalue weighted by Crippen LogP contribution is -2.59. The van der Waals surface area contributed by atoms with Gasteiger partial charge in [0.2, 0.25) is 11.8 Å². The van der Waals surface area contributed by atoms with E-state index in [2.05, 4.69) is 0 Å². The number of hydrogen-bond acceptors (Lipinski definition) is 6. The minimum atomic E-state index is -1.35. The normalized spacial score (nSPS) is 34.4.